The number of likely N-dealkylation sites (tertiary alicyclic amines) is 1. The summed E-state index contributed by atoms with van der Waals surface area (Å²) in [5, 5.41) is 15.6. The van der Waals surface area contributed by atoms with E-state index in [1.165, 1.54) is 19.4 Å². The van der Waals surface area contributed by atoms with Gasteiger partial charge in [0.15, 0.2) is 5.78 Å². The number of carbonyl (C=O) groups is 3. The van der Waals surface area contributed by atoms with Crippen molar-refractivity contribution in [1.29, 1.82) is 0 Å². The first kappa shape index (κ1) is 20.6. The first-order chi connectivity index (χ1) is 11.8. The van der Waals surface area contributed by atoms with E-state index in [2.05, 4.69) is 11.9 Å². The molecule has 1 aromatic rings. The lowest BCUT2D eigenvalue weighted by molar-refractivity contribution is -0.134. The Labute approximate surface area is 147 Å². The molecule has 6 nitrogen and oxygen atoms in total. The van der Waals surface area contributed by atoms with E-state index in [9.17, 15) is 14.4 Å². The van der Waals surface area contributed by atoms with Gasteiger partial charge in [0.25, 0.3) is 0 Å². The number of nitrogens with zero attached hydrogens (tertiary/aromatic N) is 1. The van der Waals surface area contributed by atoms with Crippen molar-refractivity contribution in [2.24, 2.45) is 5.92 Å². The second-order valence-corrected chi connectivity index (χ2v) is 6.28. The van der Waals surface area contributed by atoms with Crippen LogP contribution in [0.4, 0.5) is 0 Å². The predicted octanol–water partition coefficient (Wildman–Crippen LogP) is 2.62. The number of Topliss-reactive ketones (excluding diaryl/α,β-unsaturated/α-hetero) is 1. The highest BCUT2D eigenvalue weighted by Crippen LogP contribution is 2.20. The van der Waals surface area contributed by atoms with Crippen molar-refractivity contribution in [2.45, 2.75) is 26.2 Å². The Balaban J connectivity index is 0.000000333. The van der Waals surface area contributed by atoms with Gasteiger partial charge in [-0.2, -0.15) is 0 Å². The molecule has 1 unspecified atom stereocenters. The summed E-state index contributed by atoms with van der Waals surface area (Å²) < 4.78 is 0. The molecule has 0 amide bonds. The van der Waals surface area contributed by atoms with E-state index in [1.807, 2.05) is 31.2 Å². The molecule has 136 valence electrons. The van der Waals surface area contributed by atoms with Gasteiger partial charge < -0.3 is 15.1 Å². The second kappa shape index (κ2) is 10.4. The van der Waals surface area contributed by atoms with E-state index < -0.39 is 11.9 Å². The van der Waals surface area contributed by atoms with Crippen LogP contribution in [-0.2, 0) is 9.59 Å². The third-order valence-corrected chi connectivity index (χ3v) is 3.90. The lowest BCUT2D eigenvalue weighted by Crippen LogP contribution is -2.33. The van der Waals surface area contributed by atoms with Crippen LogP contribution in [0.1, 0.15) is 35.2 Å². The van der Waals surface area contributed by atoms with Gasteiger partial charge in [0.1, 0.15) is 0 Å². The Morgan fingerprint density at radius 2 is 1.84 bits per heavy atom. The van der Waals surface area contributed by atoms with Gasteiger partial charge >= 0.3 is 11.9 Å². The zero-order valence-corrected chi connectivity index (χ0v) is 14.6. The molecule has 1 atom stereocenters. The largest absolute Gasteiger partial charge is 0.478 e. The molecule has 1 fully saturated rings. The number of hydrogen-bond donors (Lipinski definition) is 2. The van der Waals surface area contributed by atoms with Crippen LogP contribution in [0, 0.1) is 12.8 Å². The summed E-state index contributed by atoms with van der Waals surface area (Å²) in [5.74, 6) is -1.67. The summed E-state index contributed by atoms with van der Waals surface area (Å²) in [6.07, 6.45) is 4.24. The lowest BCUT2D eigenvalue weighted by Gasteiger charge is -2.29. The number of rotatable bonds is 5. The normalized spacial score (nSPS) is 17.6. The highest BCUT2D eigenvalue weighted by molar-refractivity contribution is 5.96. The summed E-state index contributed by atoms with van der Waals surface area (Å²) in [6.45, 7) is 4.28. The van der Waals surface area contributed by atoms with E-state index in [0.29, 0.717) is 30.3 Å². The molecule has 6 heteroatoms. The fourth-order valence-corrected chi connectivity index (χ4v) is 2.78. The summed E-state index contributed by atoms with van der Waals surface area (Å²) in [6, 6.07) is 7.93. The van der Waals surface area contributed by atoms with Crippen molar-refractivity contribution in [3.05, 3.63) is 47.5 Å². The Hall–Kier alpha value is -2.47. The van der Waals surface area contributed by atoms with Gasteiger partial charge in [0, 0.05) is 30.7 Å². The maximum atomic E-state index is 12.2. The molecule has 0 radical (unpaired) electrons. The fraction of sp³-hybridized carbons (Fsp3) is 0.421. The monoisotopic (exact) mass is 347 g/mol. The number of benzene rings is 1. The van der Waals surface area contributed by atoms with Crippen LogP contribution in [0.15, 0.2) is 36.4 Å². The van der Waals surface area contributed by atoms with Crippen LogP contribution in [-0.4, -0.2) is 53.0 Å². The molecule has 1 aromatic carbocycles. The topological polar surface area (TPSA) is 94.9 Å². The Kier molecular flexibility index (Phi) is 8.56. The van der Waals surface area contributed by atoms with E-state index in [0.717, 1.165) is 17.7 Å². The van der Waals surface area contributed by atoms with E-state index in [1.54, 1.807) is 0 Å². The number of hydrogen-bond acceptors (Lipinski definition) is 4. The van der Waals surface area contributed by atoms with Gasteiger partial charge in [-0.05, 0) is 45.3 Å². The predicted molar refractivity (Wildman–Crippen MR) is 94.8 cm³/mol. The van der Waals surface area contributed by atoms with Crippen molar-refractivity contribution in [2.75, 3.05) is 20.1 Å². The summed E-state index contributed by atoms with van der Waals surface area (Å²) in [5.41, 5.74) is 2.04. The van der Waals surface area contributed by atoms with Crippen molar-refractivity contribution in [1.82, 2.24) is 4.90 Å². The van der Waals surface area contributed by atoms with Crippen molar-refractivity contribution in [3.8, 4) is 0 Å². The van der Waals surface area contributed by atoms with Crippen LogP contribution in [0.2, 0.25) is 0 Å². The summed E-state index contributed by atoms with van der Waals surface area (Å²) >= 11 is 0. The fourth-order valence-electron chi connectivity index (χ4n) is 2.78. The Bertz CT molecular complexity index is 622. The van der Waals surface area contributed by atoms with Gasteiger partial charge in [0.2, 0.25) is 0 Å². The van der Waals surface area contributed by atoms with E-state index in [4.69, 9.17) is 10.2 Å². The van der Waals surface area contributed by atoms with Crippen LogP contribution in [0.3, 0.4) is 0 Å². The van der Waals surface area contributed by atoms with Gasteiger partial charge in [-0.3, -0.25) is 4.79 Å². The molecule has 1 aliphatic heterocycles. The standard InChI is InChI=1S/C15H21NO.C4H4O4/c1-12-5-3-7-14(9-12)15(17)10-13-6-4-8-16(2)11-13;5-3(6)1-2-4(7)8/h3,5,7,9,13H,4,6,8,10-11H2,1-2H3;1-2H,(H,5,6)(H,7,8)/b;2-1-. The maximum Gasteiger partial charge on any atom is 0.328 e. The first-order valence-electron chi connectivity index (χ1n) is 8.20. The van der Waals surface area contributed by atoms with Crippen LogP contribution >= 0.6 is 0 Å². The molecule has 0 bridgehead atoms. The third-order valence-electron chi connectivity index (χ3n) is 3.90. The average Bonchev–Trinajstić information content (AvgIpc) is 2.53. The minimum absolute atomic E-state index is 0.300. The molecular formula is C19H25NO5. The minimum atomic E-state index is -1.26. The number of aryl methyl sites for hydroxylation is 1. The molecule has 25 heavy (non-hydrogen) atoms. The SMILES string of the molecule is Cc1cccc(C(=O)CC2CCCN(C)C2)c1.O=C(O)/C=C\C(=O)O. The quantitative estimate of drug-likeness (QED) is 0.628. The third kappa shape index (κ3) is 8.81. The zero-order chi connectivity index (χ0) is 18.8. The van der Waals surface area contributed by atoms with Crippen LogP contribution < -0.4 is 0 Å². The van der Waals surface area contributed by atoms with Gasteiger partial charge in [-0.1, -0.05) is 23.8 Å². The van der Waals surface area contributed by atoms with E-state index >= 15 is 0 Å². The average molecular weight is 347 g/mol. The molecule has 1 aliphatic rings. The van der Waals surface area contributed by atoms with Gasteiger partial charge in [-0.25, -0.2) is 9.59 Å². The number of carbonyl (C=O) groups excluding carboxylic acids is 1. The smallest absolute Gasteiger partial charge is 0.328 e. The summed E-state index contributed by atoms with van der Waals surface area (Å²) in [7, 11) is 2.14. The molecule has 1 heterocycles. The van der Waals surface area contributed by atoms with Crippen LogP contribution in [0.5, 0.6) is 0 Å². The number of carboxylic acids is 2. The number of piperidine rings is 1. The van der Waals surface area contributed by atoms with E-state index in [-0.39, 0.29) is 0 Å². The minimum Gasteiger partial charge on any atom is -0.478 e. The maximum absolute atomic E-state index is 12.2. The number of ketones is 1. The van der Waals surface area contributed by atoms with Crippen molar-refractivity contribution < 1.29 is 24.6 Å². The molecule has 0 aliphatic carbocycles. The van der Waals surface area contributed by atoms with Crippen LogP contribution in [0.25, 0.3) is 0 Å². The number of aliphatic carboxylic acids is 2. The molecule has 0 spiro atoms. The zero-order valence-electron chi connectivity index (χ0n) is 14.6. The van der Waals surface area contributed by atoms with Gasteiger partial charge in [0.05, 0.1) is 0 Å². The highest BCUT2D eigenvalue weighted by atomic mass is 16.4. The molecule has 0 aromatic heterocycles. The molecule has 1 saturated heterocycles. The second-order valence-electron chi connectivity index (χ2n) is 6.28. The number of carboxylic acid groups (broad SMARTS) is 2. The van der Waals surface area contributed by atoms with Crippen molar-refractivity contribution >= 4 is 17.7 Å². The Morgan fingerprint density at radius 3 is 2.36 bits per heavy atom. The lowest BCUT2D eigenvalue weighted by atomic mass is 9.91. The van der Waals surface area contributed by atoms with Crippen molar-refractivity contribution in [3.63, 3.8) is 0 Å². The molecule has 2 rings (SSSR count). The van der Waals surface area contributed by atoms with Gasteiger partial charge in [-0.15, -0.1) is 0 Å². The Morgan fingerprint density at radius 1 is 1.20 bits per heavy atom. The molecule has 2 N–H and O–H groups in total. The highest BCUT2D eigenvalue weighted by Gasteiger charge is 2.20. The molecular weight excluding hydrogens is 322 g/mol. The summed E-state index contributed by atoms with van der Waals surface area (Å²) in [4.78, 5) is 33.6. The molecule has 0 saturated carbocycles. The first-order valence-corrected chi connectivity index (χ1v) is 8.20.